The maximum absolute atomic E-state index is 12.5. The van der Waals surface area contributed by atoms with Crippen molar-refractivity contribution >= 4 is 21.9 Å². The molecular formula is C11H6BrF3O2. The van der Waals surface area contributed by atoms with Gasteiger partial charge in [-0.15, -0.1) is 0 Å². The Balaban J connectivity index is 3.12. The van der Waals surface area contributed by atoms with Crippen LogP contribution >= 0.6 is 15.9 Å². The summed E-state index contributed by atoms with van der Waals surface area (Å²) in [5.74, 6) is 3.54. The summed E-state index contributed by atoms with van der Waals surface area (Å²) >= 11 is 2.80. The van der Waals surface area contributed by atoms with Gasteiger partial charge in [-0.2, -0.15) is 13.2 Å². The van der Waals surface area contributed by atoms with E-state index >= 15 is 0 Å². The Bertz CT molecular complexity index is 498. The van der Waals surface area contributed by atoms with Gasteiger partial charge in [0.05, 0.1) is 12.7 Å². The van der Waals surface area contributed by atoms with Crippen LogP contribution in [0.3, 0.4) is 0 Å². The van der Waals surface area contributed by atoms with E-state index in [1.54, 1.807) is 0 Å². The Labute approximate surface area is 104 Å². The molecule has 0 N–H and O–H groups in total. The third-order valence-corrected chi connectivity index (χ3v) is 2.46. The quantitative estimate of drug-likeness (QED) is 0.544. The second-order valence-corrected chi connectivity index (χ2v) is 3.79. The van der Waals surface area contributed by atoms with Crippen LogP contribution in [0.2, 0.25) is 0 Å². The number of rotatable bonds is 0. The molecule has 1 aromatic rings. The minimum Gasteiger partial charge on any atom is -0.459 e. The zero-order valence-corrected chi connectivity index (χ0v) is 10.1. The first-order valence-corrected chi connectivity index (χ1v) is 5.10. The largest absolute Gasteiger partial charge is 0.459 e. The van der Waals surface area contributed by atoms with Crippen LogP contribution in [0, 0.1) is 11.8 Å². The predicted molar refractivity (Wildman–Crippen MR) is 58.0 cm³/mol. The molecule has 0 saturated heterocycles. The fourth-order valence-corrected chi connectivity index (χ4v) is 1.47. The molecule has 0 atom stereocenters. The Kier molecular flexibility index (Phi) is 4.18. The Morgan fingerprint density at radius 2 is 2.06 bits per heavy atom. The molecule has 0 unspecified atom stereocenters. The molecule has 0 heterocycles. The average Bonchev–Trinajstić information content (AvgIpc) is 2.26. The molecule has 0 aliphatic rings. The summed E-state index contributed by atoms with van der Waals surface area (Å²) in [5, 5.41) is 0. The highest BCUT2D eigenvalue weighted by atomic mass is 79.9. The Morgan fingerprint density at radius 1 is 1.41 bits per heavy atom. The van der Waals surface area contributed by atoms with Crippen molar-refractivity contribution in [2.45, 2.75) is 6.18 Å². The summed E-state index contributed by atoms with van der Waals surface area (Å²) in [6.45, 7) is 0. The molecule has 0 aliphatic heterocycles. The van der Waals surface area contributed by atoms with Gasteiger partial charge in [-0.1, -0.05) is 21.9 Å². The summed E-state index contributed by atoms with van der Waals surface area (Å²) < 4.78 is 41.7. The zero-order chi connectivity index (χ0) is 13.1. The highest BCUT2D eigenvalue weighted by Crippen LogP contribution is 2.35. The Morgan fingerprint density at radius 3 is 2.59 bits per heavy atom. The smallest absolute Gasteiger partial charge is 0.417 e. The van der Waals surface area contributed by atoms with Crippen LogP contribution in [-0.4, -0.2) is 13.1 Å². The van der Waals surface area contributed by atoms with Crippen LogP contribution in [0.5, 0.6) is 0 Å². The molecule has 90 valence electrons. The second kappa shape index (κ2) is 5.23. The van der Waals surface area contributed by atoms with E-state index in [9.17, 15) is 18.0 Å². The van der Waals surface area contributed by atoms with E-state index in [0.717, 1.165) is 13.2 Å². The monoisotopic (exact) mass is 306 g/mol. The van der Waals surface area contributed by atoms with Gasteiger partial charge < -0.3 is 4.74 Å². The summed E-state index contributed by atoms with van der Waals surface area (Å²) in [4.78, 5) is 10.7. The van der Waals surface area contributed by atoms with Crippen molar-refractivity contribution in [2.24, 2.45) is 0 Å². The topological polar surface area (TPSA) is 26.3 Å². The molecule has 0 aliphatic carbocycles. The van der Waals surface area contributed by atoms with Gasteiger partial charge in [0.1, 0.15) is 0 Å². The number of benzene rings is 1. The van der Waals surface area contributed by atoms with E-state index in [4.69, 9.17) is 0 Å². The van der Waals surface area contributed by atoms with Gasteiger partial charge in [-0.25, -0.2) is 4.79 Å². The summed E-state index contributed by atoms with van der Waals surface area (Å²) in [6, 6.07) is 3.46. The lowest BCUT2D eigenvalue weighted by Crippen LogP contribution is -2.06. The standard InChI is InChI=1S/C11H6BrF3O2/c1-17-10(16)5-3-7-2-4-9(12)8(6-7)11(13,14)15/h2,4,6H,1H3. The lowest BCUT2D eigenvalue weighted by atomic mass is 10.1. The van der Waals surface area contributed by atoms with Crippen LogP contribution in [0.25, 0.3) is 0 Å². The average molecular weight is 307 g/mol. The normalized spacial score (nSPS) is 10.4. The number of esters is 1. The molecule has 17 heavy (non-hydrogen) atoms. The third kappa shape index (κ3) is 3.79. The molecule has 0 saturated carbocycles. The van der Waals surface area contributed by atoms with Crippen LogP contribution in [0.4, 0.5) is 13.2 Å². The van der Waals surface area contributed by atoms with Crippen LogP contribution in [-0.2, 0) is 15.7 Å². The molecule has 2 nitrogen and oxygen atoms in total. The van der Waals surface area contributed by atoms with Gasteiger partial charge in [-0.3, -0.25) is 0 Å². The summed E-state index contributed by atoms with van der Waals surface area (Å²) in [5.41, 5.74) is -0.750. The fourth-order valence-electron chi connectivity index (χ4n) is 0.994. The number of carbonyl (C=O) groups is 1. The number of halogens is 4. The molecule has 1 rings (SSSR count). The number of hydrogen-bond acceptors (Lipinski definition) is 2. The van der Waals surface area contributed by atoms with E-state index in [0.29, 0.717) is 0 Å². The van der Waals surface area contributed by atoms with Gasteiger partial charge in [0.25, 0.3) is 0 Å². The van der Waals surface area contributed by atoms with E-state index < -0.39 is 17.7 Å². The maximum Gasteiger partial charge on any atom is 0.417 e. The van der Waals surface area contributed by atoms with E-state index in [1.165, 1.54) is 12.1 Å². The van der Waals surface area contributed by atoms with Crippen LogP contribution in [0.1, 0.15) is 11.1 Å². The summed E-state index contributed by atoms with van der Waals surface area (Å²) in [6.07, 6.45) is -4.47. The van der Waals surface area contributed by atoms with E-state index in [2.05, 4.69) is 32.5 Å². The van der Waals surface area contributed by atoms with Gasteiger partial charge in [-0.05, 0) is 18.2 Å². The molecule has 0 aromatic heterocycles. The number of methoxy groups -OCH3 is 1. The van der Waals surface area contributed by atoms with Crippen molar-refractivity contribution in [3.05, 3.63) is 33.8 Å². The lowest BCUT2D eigenvalue weighted by molar-refractivity contribution is -0.138. The van der Waals surface area contributed by atoms with Crippen LogP contribution < -0.4 is 0 Å². The molecule has 0 radical (unpaired) electrons. The number of hydrogen-bond donors (Lipinski definition) is 0. The highest BCUT2D eigenvalue weighted by molar-refractivity contribution is 9.10. The molecular weight excluding hydrogens is 301 g/mol. The first kappa shape index (κ1) is 13.6. The molecule has 0 bridgehead atoms. The maximum atomic E-state index is 12.5. The van der Waals surface area contributed by atoms with Gasteiger partial charge in [0.15, 0.2) is 0 Å². The fraction of sp³-hybridized carbons (Fsp3) is 0.182. The van der Waals surface area contributed by atoms with E-state index in [1.807, 2.05) is 0 Å². The zero-order valence-electron chi connectivity index (χ0n) is 8.56. The molecule has 0 fully saturated rings. The minimum atomic E-state index is -4.47. The number of ether oxygens (including phenoxy) is 1. The Hall–Kier alpha value is -1.48. The molecule has 1 aromatic carbocycles. The van der Waals surface area contributed by atoms with Crippen molar-refractivity contribution in [3.63, 3.8) is 0 Å². The van der Waals surface area contributed by atoms with Crippen LogP contribution in [0.15, 0.2) is 22.7 Å². The minimum absolute atomic E-state index is 0.0754. The van der Waals surface area contributed by atoms with Gasteiger partial charge >= 0.3 is 12.1 Å². The molecule has 0 spiro atoms. The second-order valence-electron chi connectivity index (χ2n) is 2.93. The third-order valence-electron chi connectivity index (χ3n) is 1.77. The van der Waals surface area contributed by atoms with Crippen molar-refractivity contribution in [2.75, 3.05) is 7.11 Å². The molecule has 0 amide bonds. The predicted octanol–water partition coefficient (Wildman–Crippen LogP) is 2.99. The van der Waals surface area contributed by atoms with Crippen molar-refractivity contribution in [3.8, 4) is 11.8 Å². The van der Waals surface area contributed by atoms with Crippen molar-refractivity contribution in [1.29, 1.82) is 0 Å². The van der Waals surface area contributed by atoms with Gasteiger partial charge in [0.2, 0.25) is 0 Å². The highest BCUT2D eigenvalue weighted by Gasteiger charge is 2.32. The SMILES string of the molecule is COC(=O)C#Cc1ccc(Br)c(C(F)(F)F)c1. The number of carbonyl (C=O) groups excluding carboxylic acids is 1. The van der Waals surface area contributed by atoms with E-state index in [-0.39, 0.29) is 10.0 Å². The van der Waals surface area contributed by atoms with Crippen molar-refractivity contribution in [1.82, 2.24) is 0 Å². The summed E-state index contributed by atoms with van der Waals surface area (Å²) in [7, 11) is 1.14. The first-order valence-electron chi connectivity index (χ1n) is 4.31. The van der Waals surface area contributed by atoms with Gasteiger partial charge in [0, 0.05) is 16.0 Å². The lowest BCUT2D eigenvalue weighted by Gasteiger charge is -2.08. The number of alkyl halides is 3. The molecule has 6 heteroatoms. The van der Waals surface area contributed by atoms with Crippen molar-refractivity contribution < 1.29 is 22.7 Å². The first-order chi connectivity index (χ1) is 7.84.